The van der Waals surface area contributed by atoms with Gasteiger partial charge in [0.2, 0.25) is 0 Å². The number of benzene rings is 1. The molecule has 1 aliphatic heterocycles. The van der Waals surface area contributed by atoms with Crippen molar-refractivity contribution in [2.75, 3.05) is 13.1 Å². The number of hydrogen-bond donors (Lipinski definition) is 1. The number of ether oxygens (including phenoxy) is 1. The summed E-state index contributed by atoms with van der Waals surface area (Å²) in [4.78, 5) is 26.0. The van der Waals surface area contributed by atoms with E-state index in [9.17, 15) is 14.0 Å². The minimum Gasteiger partial charge on any atom is -0.444 e. The Labute approximate surface area is 164 Å². The number of halogens is 2. The number of rotatable bonds is 3. The summed E-state index contributed by atoms with van der Waals surface area (Å²) in [7, 11) is 0. The second-order valence-corrected chi connectivity index (χ2v) is 8.58. The molecule has 27 heavy (non-hydrogen) atoms. The van der Waals surface area contributed by atoms with E-state index < -0.39 is 17.1 Å². The maximum absolute atomic E-state index is 14.3. The highest BCUT2D eigenvalue weighted by Crippen LogP contribution is 2.24. The number of carbonyl (C=O) groups is 1. The Hall–Kier alpha value is -2.16. The van der Waals surface area contributed by atoms with Gasteiger partial charge in [-0.05, 0) is 51.3 Å². The van der Waals surface area contributed by atoms with Crippen LogP contribution in [0.3, 0.4) is 0 Å². The average molecular weight is 441 g/mol. The van der Waals surface area contributed by atoms with Crippen LogP contribution >= 0.6 is 15.9 Å². The van der Waals surface area contributed by atoms with E-state index in [0.717, 1.165) is 6.42 Å². The van der Waals surface area contributed by atoms with Gasteiger partial charge in [-0.1, -0.05) is 15.9 Å². The van der Waals surface area contributed by atoms with Crippen molar-refractivity contribution in [3.8, 4) is 5.69 Å². The molecule has 1 saturated heterocycles. The standard InChI is InChI=1S/C18H22BrFN4O3/c1-18(2,3)27-17(26)23-7-6-11(10-23)8-15-21-22-16(25)24(15)14-5-4-12(19)9-13(14)20/h4-5,9,11H,6-8,10H2,1-3H3,(H,22,25)/t11-/m0/s1. The van der Waals surface area contributed by atoms with Gasteiger partial charge >= 0.3 is 11.8 Å². The number of aromatic amines is 1. The van der Waals surface area contributed by atoms with Crippen LogP contribution < -0.4 is 5.69 Å². The smallest absolute Gasteiger partial charge is 0.410 e. The molecule has 1 atom stereocenters. The summed E-state index contributed by atoms with van der Waals surface area (Å²) in [5, 5.41) is 6.45. The SMILES string of the molecule is CC(C)(C)OC(=O)N1CC[C@@H](Cc2n[nH]c(=O)n2-c2ccc(Br)cc2F)C1. The number of hydrogen-bond acceptors (Lipinski definition) is 4. The number of nitrogens with zero attached hydrogens (tertiary/aromatic N) is 3. The lowest BCUT2D eigenvalue weighted by Crippen LogP contribution is -2.35. The summed E-state index contributed by atoms with van der Waals surface area (Å²) in [5.74, 6) is 0.0400. The molecule has 0 aliphatic carbocycles. The molecule has 1 aromatic heterocycles. The van der Waals surface area contributed by atoms with Gasteiger partial charge in [-0.3, -0.25) is 0 Å². The van der Waals surface area contributed by atoms with E-state index in [1.54, 1.807) is 11.0 Å². The van der Waals surface area contributed by atoms with Crippen LogP contribution in [0.4, 0.5) is 9.18 Å². The van der Waals surface area contributed by atoms with Crippen LogP contribution in [0.25, 0.3) is 5.69 Å². The van der Waals surface area contributed by atoms with Crippen molar-refractivity contribution in [1.82, 2.24) is 19.7 Å². The van der Waals surface area contributed by atoms with Crippen LogP contribution in [-0.4, -0.2) is 44.4 Å². The maximum Gasteiger partial charge on any atom is 0.410 e. The van der Waals surface area contributed by atoms with Crippen LogP contribution in [0.5, 0.6) is 0 Å². The second-order valence-electron chi connectivity index (χ2n) is 7.66. The van der Waals surface area contributed by atoms with Gasteiger partial charge in [-0.25, -0.2) is 23.6 Å². The topological polar surface area (TPSA) is 80.2 Å². The van der Waals surface area contributed by atoms with Gasteiger partial charge in [0.05, 0.1) is 5.69 Å². The molecule has 0 spiro atoms. The third-order valence-corrected chi connectivity index (χ3v) is 4.79. The van der Waals surface area contributed by atoms with Crippen molar-refractivity contribution < 1.29 is 13.9 Å². The van der Waals surface area contributed by atoms with Crippen molar-refractivity contribution in [2.24, 2.45) is 5.92 Å². The van der Waals surface area contributed by atoms with Crippen LogP contribution in [0.15, 0.2) is 27.5 Å². The van der Waals surface area contributed by atoms with Crippen LogP contribution in [-0.2, 0) is 11.2 Å². The zero-order chi connectivity index (χ0) is 19.8. The van der Waals surface area contributed by atoms with Crippen LogP contribution in [0.2, 0.25) is 0 Å². The molecule has 1 aliphatic rings. The Bertz CT molecular complexity index is 903. The van der Waals surface area contributed by atoms with Gasteiger partial charge in [-0.2, -0.15) is 5.10 Å². The van der Waals surface area contributed by atoms with Gasteiger partial charge in [0.15, 0.2) is 0 Å². The zero-order valence-electron chi connectivity index (χ0n) is 15.5. The lowest BCUT2D eigenvalue weighted by Gasteiger charge is -2.24. The molecule has 7 nitrogen and oxygen atoms in total. The molecular formula is C18H22BrFN4O3. The van der Waals surface area contributed by atoms with E-state index in [0.29, 0.717) is 29.8 Å². The van der Waals surface area contributed by atoms with E-state index in [1.807, 2.05) is 20.8 Å². The van der Waals surface area contributed by atoms with E-state index in [2.05, 4.69) is 26.1 Å². The molecule has 1 fully saturated rings. The number of nitrogens with one attached hydrogen (secondary N) is 1. The summed E-state index contributed by atoms with van der Waals surface area (Å²) >= 11 is 3.21. The van der Waals surface area contributed by atoms with Crippen LogP contribution in [0, 0.1) is 11.7 Å². The Morgan fingerprint density at radius 3 is 2.85 bits per heavy atom. The first-order valence-electron chi connectivity index (χ1n) is 8.73. The molecule has 2 aromatic rings. The highest BCUT2D eigenvalue weighted by Gasteiger charge is 2.31. The van der Waals surface area contributed by atoms with Crippen molar-refractivity contribution in [3.05, 3.63) is 44.8 Å². The summed E-state index contributed by atoms with van der Waals surface area (Å²) in [6, 6.07) is 4.50. The first kappa shape index (κ1) is 19.6. The summed E-state index contributed by atoms with van der Waals surface area (Å²) in [6.45, 7) is 6.58. The lowest BCUT2D eigenvalue weighted by molar-refractivity contribution is 0.0288. The van der Waals surface area contributed by atoms with Crippen molar-refractivity contribution in [1.29, 1.82) is 0 Å². The van der Waals surface area contributed by atoms with Gasteiger partial charge in [-0.15, -0.1) is 0 Å². The summed E-state index contributed by atoms with van der Waals surface area (Å²) in [5.41, 5.74) is -0.890. The zero-order valence-corrected chi connectivity index (χ0v) is 17.0. The predicted octanol–water partition coefficient (Wildman–Crippen LogP) is 3.26. The largest absolute Gasteiger partial charge is 0.444 e. The molecule has 1 amide bonds. The van der Waals surface area contributed by atoms with E-state index >= 15 is 0 Å². The third kappa shape index (κ3) is 4.58. The number of likely N-dealkylation sites (tertiary alicyclic amines) is 1. The fourth-order valence-corrected chi connectivity index (χ4v) is 3.46. The monoisotopic (exact) mass is 440 g/mol. The number of aromatic nitrogens is 3. The fraction of sp³-hybridized carbons (Fsp3) is 0.500. The molecule has 9 heteroatoms. The minimum atomic E-state index is -0.545. The molecular weight excluding hydrogens is 419 g/mol. The second kappa shape index (κ2) is 7.46. The molecule has 0 saturated carbocycles. The third-order valence-electron chi connectivity index (χ3n) is 4.30. The van der Waals surface area contributed by atoms with Gasteiger partial charge in [0.25, 0.3) is 0 Å². The first-order valence-corrected chi connectivity index (χ1v) is 9.53. The van der Waals surface area contributed by atoms with Gasteiger partial charge in [0.1, 0.15) is 17.2 Å². The quantitative estimate of drug-likeness (QED) is 0.793. The lowest BCUT2D eigenvalue weighted by atomic mass is 10.0. The summed E-state index contributed by atoms with van der Waals surface area (Å²) < 4.78 is 21.5. The molecule has 0 bridgehead atoms. The maximum atomic E-state index is 14.3. The summed E-state index contributed by atoms with van der Waals surface area (Å²) in [6.07, 6.45) is 0.875. The predicted molar refractivity (Wildman–Crippen MR) is 101 cm³/mol. The molecule has 0 radical (unpaired) electrons. The van der Waals surface area contributed by atoms with Crippen molar-refractivity contribution in [2.45, 2.75) is 39.2 Å². The highest BCUT2D eigenvalue weighted by atomic mass is 79.9. The number of carbonyl (C=O) groups excluding carboxylic acids is 1. The molecule has 1 aromatic carbocycles. The average Bonchev–Trinajstić information content (AvgIpc) is 3.14. The molecule has 1 N–H and O–H groups in total. The molecule has 3 rings (SSSR count). The normalized spacial score (nSPS) is 17.4. The van der Waals surface area contributed by atoms with E-state index in [1.165, 1.54) is 16.7 Å². The van der Waals surface area contributed by atoms with E-state index in [-0.39, 0.29) is 17.7 Å². The Kier molecular flexibility index (Phi) is 5.41. The first-order chi connectivity index (χ1) is 12.6. The Balaban J connectivity index is 1.75. The van der Waals surface area contributed by atoms with Gasteiger partial charge < -0.3 is 9.64 Å². The fourth-order valence-electron chi connectivity index (χ4n) is 3.13. The minimum absolute atomic E-state index is 0.116. The Morgan fingerprint density at radius 1 is 1.44 bits per heavy atom. The Morgan fingerprint density at radius 2 is 2.19 bits per heavy atom. The van der Waals surface area contributed by atoms with Crippen LogP contribution in [0.1, 0.15) is 33.0 Å². The molecule has 2 heterocycles. The van der Waals surface area contributed by atoms with Gasteiger partial charge in [0, 0.05) is 24.0 Å². The van der Waals surface area contributed by atoms with E-state index in [4.69, 9.17) is 4.74 Å². The number of H-pyrrole nitrogens is 1. The highest BCUT2D eigenvalue weighted by molar-refractivity contribution is 9.10. The number of amides is 1. The molecule has 0 unspecified atom stereocenters. The van der Waals surface area contributed by atoms with Crippen molar-refractivity contribution >= 4 is 22.0 Å². The molecule has 146 valence electrons. The van der Waals surface area contributed by atoms with Crippen molar-refractivity contribution in [3.63, 3.8) is 0 Å².